The Morgan fingerprint density at radius 2 is 1.95 bits per heavy atom. The zero-order valence-corrected chi connectivity index (χ0v) is 13.5. The summed E-state index contributed by atoms with van der Waals surface area (Å²) in [4.78, 5) is 13.3. The van der Waals surface area contributed by atoms with Crippen LogP contribution in [0.2, 0.25) is 10.0 Å². The van der Waals surface area contributed by atoms with Gasteiger partial charge in [0, 0.05) is 27.9 Å². The standard InChI is InChI=1S/C13H14Cl2N2O2S/c1-8(2)7-20-16-6-12(18)17(13(16)19)11-4-9(14)3-10(15)5-11/h3-5,8H,6-7H2,1-2H3/p+1. The lowest BCUT2D eigenvalue weighted by atomic mass is 10.3. The Morgan fingerprint density at radius 1 is 1.35 bits per heavy atom. The molecule has 0 saturated heterocycles. The highest BCUT2D eigenvalue weighted by Gasteiger charge is 2.41. The Morgan fingerprint density at radius 3 is 2.50 bits per heavy atom. The molecule has 20 heavy (non-hydrogen) atoms. The van der Waals surface area contributed by atoms with E-state index in [1.165, 1.54) is 16.8 Å². The van der Waals surface area contributed by atoms with Gasteiger partial charge in [0.1, 0.15) is 5.69 Å². The van der Waals surface area contributed by atoms with Crippen molar-refractivity contribution in [1.29, 1.82) is 0 Å². The first-order valence-electron chi connectivity index (χ1n) is 6.14. The molecule has 0 radical (unpaired) electrons. The summed E-state index contributed by atoms with van der Waals surface area (Å²) in [6.45, 7) is 4.29. The van der Waals surface area contributed by atoms with Crippen LogP contribution in [0.25, 0.3) is 0 Å². The second-order valence-electron chi connectivity index (χ2n) is 4.88. The molecule has 1 aromatic rings. The molecule has 0 saturated carbocycles. The molecule has 1 aromatic carbocycles. The van der Waals surface area contributed by atoms with Crippen molar-refractivity contribution >= 4 is 52.8 Å². The van der Waals surface area contributed by atoms with E-state index in [0.29, 0.717) is 21.7 Å². The van der Waals surface area contributed by atoms with E-state index >= 15 is 0 Å². The van der Waals surface area contributed by atoms with Gasteiger partial charge >= 0.3 is 11.9 Å². The number of nitrogens with zero attached hydrogens (tertiary/aromatic N) is 2. The van der Waals surface area contributed by atoms with Gasteiger partial charge in [-0.15, -0.1) is 4.90 Å². The van der Waals surface area contributed by atoms with Gasteiger partial charge in [0.25, 0.3) is 0 Å². The Kier molecular flexibility index (Phi) is 4.83. The molecular weight excluding hydrogens is 319 g/mol. The smallest absolute Gasteiger partial charge is 0.445 e. The lowest BCUT2D eigenvalue weighted by molar-refractivity contribution is -0.338. The van der Waals surface area contributed by atoms with E-state index in [4.69, 9.17) is 23.2 Å². The average Bonchev–Trinajstić information content (AvgIpc) is 2.60. The number of benzene rings is 1. The lowest BCUT2D eigenvalue weighted by Crippen LogP contribution is -2.32. The maximum absolute atomic E-state index is 12.1. The Labute approximate surface area is 132 Å². The molecule has 0 atom stereocenters. The summed E-state index contributed by atoms with van der Waals surface area (Å²) in [7, 11) is 0. The third-order valence-electron chi connectivity index (χ3n) is 2.62. The third-order valence-corrected chi connectivity index (χ3v) is 4.48. The van der Waals surface area contributed by atoms with Crippen molar-refractivity contribution in [2.24, 2.45) is 5.92 Å². The van der Waals surface area contributed by atoms with E-state index in [1.807, 2.05) is 0 Å². The number of halogens is 2. The van der Waals surface area contributed by atoms with Crippen molar-refractivity contribution in [3.05, 3.63) is 28.2 Å². The van der Waals surface area contributed by atoms with Gasteiger partial charge < -0.3 is 5.11 Å². The SMILES string of the molecule is CC(C)CS[N+]1=C(O)N(c2cc(Cl)cc(Cl)c2)C(=O)C1. The van der Waals surface area contributed by atoms with Crippen LogP contribution in [0.3, 0.4) is 0 Å². The summed E-state index contributed by atoms with van der Waals surface area (Å²) in [5.74, 6) is 1.08. The molecule has 0 spiro atoms. The molecule has 0 fully saturated rings. The molecule has 0 aliphatic carbocycles. The number of anilines is 1. The molecule has 0 bridgehead atoms. The Balaban J connectivity index is 2.29. The van der Waals surface area contributed by atoms with Gasteiger partial charge in [-0.2, -0.15) is 3.98 Å². The number of aliphatic hydroxyl groups is 1. The van der Waals surface area contributed by atoms with Crippen LogP contribution in [-0.2, 0) is 4.79 Å². The van der Waals surface area contributed by atoms with Crippen LogP contribution in [0.4, 0.5) is 5.69 Å². The minimum absolute atomic E-state index is 0.0982. The number of amidine groups is 1. The molecule has 4 nitrogen and oxygen atoms in total. The van der Waals surface area contributed by atoms with E-state index in [2.05, 4.69) is 13.8 Å². The zero-order valence-electron chi connectivity index (χ0n) is 11.1. The minimum atomic E-state index is -0.211. The molecule has 2 rings (SSSR count). The second kappa shape index (κ2) is 6.24. The van der Waals surface area contributed by atoms with Gasteiger partial charge in [-0.25, -0.2) is 4.79 Å². The van der Waals surface area contributed by atoms with E-state index in [9.17, 15) is 9.90 Å². The quantitative estimate of drug-likeness (QED) is 0.676. The van der Waals surface area contributed by atoms with Crippen molar-refractivity contribution in [3.63, 3.8) is 0 Å². The summed E-state index contributed by atoms with van der Waals surface area (Å²) < 4.78 is 1.58. The van der Waals surface area contributed by atoms with Crippen molar-refractivity contribution in [3.8, 4) is 0 Å². The van der Waals surface area contributed by atoms with Gasteiger partial charge in [0.2, 0.25) is 6.54 Å². The van der Waals surface area contributed by atoms with Crippen molar-refractivity contribution < 1.29 is 13.9 Å². The van der Waals surface area contributed by atoms with Crippen LogP contribution >= 0.6 is 35.1 Å². The fourth-order valence-corrected chi connectivity index (χ4v) is 3.15. The highest BCUT2D eigenvalue weighted by Crippen LogP contribution is 2.28. The molecule has 0 unspecified atom stereocenters. The highest BCUT2D eigenvalue weighted by atomic mass is 35.5. The van der Waals surface area contributed by atoms with Crippen molar-refractivity contribution in [2.45, 2.75) is 13.8 Å². The lowest BCUT2D eigenvalue weighted by Gasteiger charge is -2.07. The molecule has 1 aliphatic rings. The van der Waals surface area contributed by atoms with E-state index < -0.39 is 0 Å². The number of carbonyl (C=O) groups excluding carboxylic acids is 1. The summed E-state index contributed by atoms with van der Waals surface area (Å²) in [6.07, 6.45) is 0. The predicted molar refractivity (Wildman–Crippen MR) is 84.0 cm³/mol. The number of carbonyl (C=O) groups is 1. The molecule has 7 heteroatoms. The molecule has 1 N–H and O–H groups in total. The monoisotopic (exact) mass is 333 g/mol. The average molecular weight is 334 g/mol. The molecule has 0 aromatic heterocycles. The van der Waals surface area contributed by atoms with Crippen LogP contribution in [0, 0.1) is 5.92 Å². The van der Waals surface area contributed by atoms with Crippen LogP contribution < -0.4 is 4.90 Å². The zero-order chi connectivity index (χ0) is 14.9. The third kappa shape index (κ3) is 3.40. The van der Waals surface area contributed by atoms with Crippen LogP contribution in [-0.4, -0.2) is 33.3 Å². The van der Waals surface area contributed by atoms with Crippen LogP contribution in [0.15, 0.2) is 18.2 Å². The van der Waals surface area contributed by atoms with E-state index in [1.54, 1.807) is 22.2 Å². The molecule has 1 heterocycles. The van der Waals surface area contributed by atoms with Crippen molar-refractivity contribution in [2.75, 3.05) is 17.2 Å². The van der Waals surface area contributed by atoms with Crippen LogP contribution in [0.5, 0.6) is 0 Å². The normalized spacial score (nSPS) is 15.7. The number of aliphatic hydroxyl groups excluding tert-OH is 1. The van der Waals surface area contributed by atoms with Gasteiger partial charge in [0.05, 0.1) is 11.9 Å². The first-order valence-corrected chi connectivity index (χ1v) is 7.83. The number of rotatable bonds is 4. The van der Waals surface area contributed by atoms with E-state index in [0.717, 1.165) is 5.75 Å². The van der Waals surface area contributed by atoms with Crippen LogP contribution in [0.1, 0.15) is 13.8 Å². The maximum Gasteiger partial charge on any atom is 0.469 e. The Bertz CT molecular complexity index is 555. The summed E-state index contributed by atoms with van der Waals surface area (Å²) >= 11 is 13.3. The first kappa shape index (κ1) is 15.5. The maximum atomic E-state index is 12.1. The van der Waals surface area contributed by atoms with Gasteiger partial charge in [0.15, 0.2) is 0 Å². The van der Waals surface area contributed by atoms with Crippen molar-refractivity contribution in [1.82, 2.24) is 0 Å². The molecule has 1 aliphatic heterocycles. The fraction of sp³-hybridized carbons (Fsp3) is 0.385. The predicted octanol–water partition coefficient (Wildman–Crippen LogP) is 3.57. The fourth-order valence-electron chi connectivity index (χ4n) is 1.76. The number of hydrogen-bond acceptors (Lipinski definition) is 2. The largest absolute Gasteiger partial charge is 0.469 e. The topological polar surface area (TPSA) is 43.6 Å². The first-order chi connectivity index (χ1) is 9.38. The van der Waals surface area contributed by atoms with Gasteiger partial charge in [-0.05, 0) is 12.0 Å². The summed E-state index contributed by atoms with van der Waals surface area (Å²) in [5, 5.41) is 11.0. The van der Waals surface area contributed by atoms with Gasteiger partial charge in [-0.1, -0.05) is 37.0 Å². The summed E-state index contributed by atoms with van der Waals surface area (Å²) in [6, 6.07) is 4.67. The molecular formula is C13H15Cl2N2O2S+. The Hall–Kier alpha value is -0.910. The second-order valence-corrected chi connectivity index (χ2v) is 6.79. The van der Waals surface area contributed by atoms with Gasteiger partial charge in [-0.3, -0.25) is 0 Å². The number of amides is 1. The van der Waals surface area contributed by atoms with E-state index in [-0.39, 0.29) is 18.5 Å². The molecule has 108 valence electrons. The summed E-state index contributed by atoms with van der Waals surface area (Å²) in [5.41, 5.74) is 0.470. The minimum Gasteiger partial charge on any atom is -0.445 e. The molecule has 1 amide bonds. The number of hydrogen-bond donors (Lipinski definition) is 1. The highest BCUT2D eigenvalue weighted by molar-refractivity contribution is 7.93.